The SMILES string of the molecule is Cn1ccnc1CN1CCOCC2(CCN(Cc3ccco3)C2)C1.O=C(O)C(F)(F)F.O=C(O)C(F)(F)F. The summed E-state index contributed by atoms with van der Waals surface area (Å²) in [6.45, 7) is 7.70. The first kappa shape index (κ1) is 31.1. The minimum absolute atomic E-state index is 0.230. The second kappa shape index (κ2) is 13.1. The van der Waals surface area contributed by atoms with Gasteiger partial charge in [-0.15, -0.1) is 0 Å². The monoisotopic (exact) mass is 558 g/mol. The van der Waals surface area contributed by atoms with Gasteiger partial charge in [-0.2, -0.15) is 26.3 Å². The molecule has 4 rings (SSSR count). The fourth-order valence-electron chi connectivity index (χ4n) is 4.00. The van der Waals surface area contributed by atoms with Gasteiger partial charge in [0.1, 0.15) is 11.6 Å². The molecule has 1 atom stereocenters. The van der Waals surface area contributed by atoms with E-state index in [0.717, 1.165) is 64.1 Å². The summed E-state index contributed by atoms with van der Waals surface area (Å²) in [4.78, 5) is 27.3. The molecule has 2 saturated heterocycles. The molecule has 0 amide bonds. The van der Waals surface area contributed by atoms with Crippen molar-refractivity contribution in [1.82, 2.24) is 19.4 Å². The van der Waals surface area contributed by atoms with Crippen LogP contribution in [-0.2, 0) is 34.5 Å². The minimum atomic E-state index is -5.08. The number of hydrogen-bond acceptors (Lipinski definition) is 7. The number of furan rings is 1. The lowest BCUT2D eigenvalue weighted by Crippen LogP contribution is -2.40. The third kappa shape index (κ3) is 9.98. The minimum Gasteiger partial charge on any atom is -0.475 e. The first-order valence-electron chi connectivity index (χ1n) is 11.2. The van der Waals surface area contributed by atoms with Crippen LogP contribution in [-0.4, -0.2) is 93.2 Å². The molecule has 38 heavy (non-hydrogen) atoms. The number of aliphatic carboxylic acids is 2. The number of halogens is 6. The molecule has 0 aliphatic carbocycles. The van der Waals surface area contributed by atoms with Gasteiger partial charge in [-0.25, -0.2) is 14.6 Å². The Morgan fingerprint density at radius 2 is 1.61 bits per heavy atom. The number of imidazole rings is 1. The van der Waals surface area contributed by atoms with Crippen LogP contribution in [0, 0.1) is 5.41 Å². The number of hydrogen-bond donors (Lipinski definition) is 2. The van der Waals surface area contributed by atoms with E-state index in [1.54, 1.807) is 6.26 Å². The number of likely N-dealkylation sites (tertiary alicyclic amines) is 1. The fraction of sp³-hybridized carbons (Fsp3) is 0.591. The van der Waals surface area contributed by atoms with Crippen molar-refractivity contribution < 1.29 is 55.3 Å². The highest BCUT2D eigenvalue weighted by Gasteiger charge is 2.41. The predicted octanol–water partition coefficient (Wildman–Crippen LogP) is 3.00. The average molecular weight is 558 g/mol. The number of nitrogens with zero attached hydrogens (tertiary/aromatic N) is 4. The van der Waals surface area contributed by atoms with Crippen molar-refractivity contribution in [3.8, 4) is 0 Å². The lowest BCUT2D eigenvalue weighted by atomic mass is 9.87. The number of alkyl halides is 6. The summed E-state index contributed by atoms with van der Waals surface area (Å²) in [6, 6.07) is 4.02. The Morgan fingerprint density at radius 3 is 2.08 bits per heavy atom. The van der Waals surface area contributed by atoms with Crippen LogP contribution in [0.15, 0.2) is 35.2 Å². The first-order valence-corrected chi connectivity index (χ1v) is 11.2. The highest BCUT2D eigenvalue weighted by atomic mass is 19.4. The number of carboxylic acid groups (broad SMARTS) is 2. The second-order valence-electron chi connectivity index (χ2n) is 8.86. The maximum absolute atomic E-state index is 10.6. The van der Waals surface area contributed by atoms with Crippen LogP contribution < -0.4 is 0 Å². The zero-order valence-corrected chi connectivity index (χ0v) is 20.3. The Kier molecular flexibility index (Phi) is 10.7. The topological polar surface area (TPSA) is 121 Å². The van der Waals surface area contributed by atoms with E-state index in [9.17, 15) is 26.3 Å². The first-order chi connectivity index (χ1) is 17.6. The molecule has 10 nitrogen and oxygen atoms in total. The van der Waals surface area contributed by atoms with Gasteiger partial charge in [0, 0.05) is 44.5 Å². The zero-order valence-electron chi connectivity index (χ0n) is 20.3. The summed E-state index contributed by atoms with van der Waals surface area (Å²) in [5.74, 6) is -3.34. The van der Waals surface area contributed by atoms with Crippen LogP contribution in [0.1, 0.15) is 18.0 Å². The predicted molar refractivity (Wildman–Crippen MR) is 118 cm³/mol. The van der Waals surface area contributed by atoms with Crippen LogP contribution >= 0.6 is 0 Å². The average Bonchev–Trinajstić information content (AvgIpc) is 3.51. The van der Waals surface area contributed by atoms with Gasteiger partial charge in [-0.3, -0.25) is 9.80 Å². The van der Waals surface area contributed by atoms with Crippen molar-refractivity contribution in [2.75, 3.05) is 39.4 Å². The van der Waals surface area contributed by atoms with Crippen LogP contribution in [0.25, 0.3) is 0 Å². The largest absolute Gasteiger partial charge is 0.490 e. The van der Waals surface area contributed by atoms with Crippen molar-refractivity contribution in [2.45, 2.75) is 31.9 Å². The van der Waals surface area contributed by atoms with E-state index in [2.05, 4.69) is 32.5 Å². The molecule has 0 saturated carbocycles. The normalized spacial score (nSPS) is 20.7. The number of carbonyl (C=O) groups is 2. The molecule has 2 aromatic rings. The van der Waals surface area contributed by atoms with Gasteiger partial charge in [0.25, 0.3) is 0 Å². The third-order valence-electron chi connectivity index (χ3n) is 5.77. The molecule has 2 fully saturated rings. The number of aromatic nitrogens is 2. The summed E-state index contributed by atoms with van der Waals surface area (Å²) in [7, 11) is 2.06. The molecular weight excluding hydrogens is 530 g/mol. The summed E-state index contributed by atoms with van der Waals surface area (Å²) in [6.07, 6.45) is -3.34. The van der Waals surface area contributed by atoms with Gasteiger partial charge < -0.3 is 23.9 Å². The van der Waals surface area contributed by atoms with Gasteiger partial charge in [0.15, 0.2) is 0 Å². The van der Waals surface area contributed by atoms with Gasteiger partial charge >= 0.3 is 24.3 Å². The summed E-state index contributed by atoms with van der Waals surface area (Å²) < 4.78 is 77.1. The third-order valence-corrected chi connectivity index (χ3v) is 5.77. The molecule has 0 aromatic carbocycles. The summed E-state index contributed by atoms with van der Waals surface area (Å²) in [5.41, 5.74) is 0.230. The standard InChI is InChI=1S/C18H26N4O2.2C2HF3O2/c1-20-7-5-19-17(20)12-22-8-10-23-15-18(14-22)4-6-21(13-18)11-16-3-2-9-24-16;2*3-2(4,5)1(6)7/h2-3,5,7,9H,4,6,8,10-15H2,1H3;2*(H,6,7). The van der Waals surface area contributed by atoms with E-state index in [1.807, 2.05) is 18.5 Å². The van der Waals surface area contributed by atoms with E-state index >= 15 is 0 Å². The maximum atomic E-state index is 10.6. The van der Waals surface area contributed by atoms with E-state index in [0.29, 0.717) is 0 Å². The van der Waals surface area contributed by atoms with Crippen molar-refractivity contribution in [3.63, 3.8) is 0 Å². The molecule has 4 heterocycles. The number of carboxylic acids is 2. The van der Waals surface area contributed by atoms with Gasteiger partial charge in [-0.05, 0) is 25.1 Å². The molecule has 2 aliphatic rings. The molecule has 214 valence electrons. The second-order valence-corrected chi connectivity index (χ2v) is 8.86. The molecular formula is C22H28F6N4O6. The summed E-state index contributed by atoms with van der Waals surface area (Å²) in [5, 5.41) is 14.2. The highest BCUT2D eigenvalue weighted by Crippen LogP contribution is 2.34. The lowest BCUT2D eigenvalue weighted by Gasteiger charge is -2.31. The Hall–Kier alpha value is -3.11. The van der Waals surface area contributed by atoms with Crippen molar-refractivity contribution in [1.29, 1.82) is 0 Å². The smallest absolute Gasteiger partial charge is 0.475 e. The molecule has 2 N–H and O–H groups in total. The Balaban J connectivity index is 0.000000301. The number of ether oxygens (including phenoxy) is 1. The van der Waals surface area contributed by atoms with E-state index < -0.39 is 24.3 Å². The van der Waals surface area contributed by atoms with E-state index in [1.165, 1.54) is 6.42 Å². The molecule has 1 spiro atoms. The maximum Gasteiger partial charge on any atom is 0.490 e. The van der Waals surface area contributed by atoms with E-state index in [4.69, 9.17) is 29.0 Å². The van der Waals surface area contributed by atoms with Crippen LogP contribution in [0.5, 0.6) is 0 Å². The molecule has 2 aliphatic heterocycles. The molecule has 0 bridgehead atoms. The molecule has 2 aromatic heterocycles. The van der Waals surface area contributed by atoms with Crippen LogP contribution in [0.2, 0.25) is 0 Å². The van der Waals surface area contributed by atoms with Gasteiger partial charge in [0.05, 0.1) is 32.6 Å². The Morgan fingerprint density at radius 1 is 1.03 bits per heavy atom. The van der Waals surface area contributed by atoms with E-state index in [-0.39, 0.29) is 5.41 Å². The van der Waals surface area contributed by atoms with Crippen LogP contribution in [0.4, 0.5) is 26.3 Å². The van der Waals surface area contributed by atoms with Crippen LogP contribution in [0.3, 0.4) is 0 Å². The fourth-order valence-corrected chi connectivity index (χ4v) is 4.00. The van der Waals surface area contributed by atoms with Crippen molar-refractivity contribution in [3.05, 3.63) is 42.4 Å². The quantitative estimate of drug-likeness (QED) is 0.546. The van der Waals surface area contributed by atoms with Crippen molar-refractivity contribution >= 4 is 11.9 Å². The van der Waals surface area contributed by atoms with Gasteiger partial charge in [-0.1, -0.05) is 0 Å². The van der Waals surface area contributed by atoms with Gasteiger partial charge in [0.2, 0.25) is 0 Å². The Labute approximate surface area is 213 Å². The lowest BCUT2D eigenvalue weighted by molar-refractivity contribution is -0.193. The zero-order chi connectivity index (χ0) is 28.6. The Bertz CT molecular complexity index is 1000. The number of rotatable bonds is 4. The number of aryl methyl sites for hydroxylation is 1. The molecule has 16 heteroatoms. The molecule has 0 radical (unpaired) electrons. The molecule has 1 unspecified atom stereocenters. The van der Waals surface area contributed by atoms with Crippen molar-refractivity contribution in [2.24, 2.45) is 12.5 Å². The highest BCUT2D eigenvalue weighted by molar-refractivity contribution is 5.73. The summed E-state index contributed by atoms with van der Waals surface area (Å²) >= 11 is 0.